The molecule has 0 aliphatic heterocycles. The van der Waals surface area contributed by atoms with Gasteiger partial charge in [-0.05, 0) is 77.0 Å². The minimum Gasteiger partial charge on any atom is -0.462 e. The molecule has 0 aromatic heterocycles. The molecule has 0 aliphatic rings. The molecular weight excluding hydrogens is 834 g/mol. The van der Waals surface area contributed by atoms with Gasteiger partial charge in [0.1, 0.15) is 19.8 Å². The smallest absolute Gasteiger partial charge is 0.462 e. The van der Waals surface area contributed by atoms with E-state index >= 15 is 0 Å². The van der Waals surface area contributed by atoms with Crippen LogP contribution in [0.15, 0.2) is 97.2 Å². The molecule has 10 heteroatoms. The lowest BCUT2D eigenvalue weighted by Crippen LogP contribution is -2.37. The van der Waals surface area contributed by atoms with E-state index in [1.165, 1.54) is 51.4 Å². The first-order valence-corrected chi connectivity index (χ1v) is 27.0. The summed E-state index contributed by atoms with van der Waals surface area (Å²) in [6.45, 7) is 4.22. The molecule has 0 amide bonds. The second-order valence-electron chi connectivity index (χ2n) is 17.8. The summed E-state index contributed by atoms with van der Waals surface area (Å²) in [5.74, 6) is -0.819. The minimum absolute atomic E-state index is 0.0274. The van der Waals surface area contributed by atoms with Crippen LogP contribution in [0, 0.1) is 0 Å². The molecule has 372 valence electrons. The second-order valence-corrected chi connectivity index (χ2v) is 19.3. The van der Waals surface area contributed by atoms with Crippen LogP contribution in [0.3, 0.4) is 0 Å². The number of likely N-dealkylation sites (N-methyl/N-ethyl adjacent to an activating group) is 1. The Hall–Kier alpha value is -3.07. The topological polar surface area (TPSA) is 108 Å². The molecule has 0 aliphatic carbocycles. The summed E-state index contributed by atoms with van der Waals surface area (Å²) in [5.41, 5.74) is 0. The highest BCUT2D eigenvalue weighted by Crippen LogP contribution is 2.43. The number of hydrogen-bond acceptors (Lipinski definition) is 7. The van der Waals surface area contributed by atoms with Crippen molar-refractivity contribution in [1.29, 1.82) is 0 Å². The number of phosphoric acid groups is 1. The summed E-state index contributed by atoms with van der Waals surface area (Å²) >= 11 is 0. The fourth-order valence-corrected chi connectivity index (χ4v) is 7.18. The lowest BCUT2D eigenvalue weighted by molar-refractivity contribution is -0.870. The van der Waals surface area contributed by atoms with E-state index in [1.54, 1.807) is 0 Å². The number of nitrogens with zero attached hydrogens (tertiary/aromatic N) is 1. The van der Waals surface area contributed by atoms with E-state index in [-0.39, 0.29) is 32.0 Å². The summed E-state index contributed by atoms with van der Waals surface area (Å²) in [6, 6.07) is 0. The third kappa shape index (κ3) is 50.2. The van der Waals surface area contributed by atoms with Gasteiger partial charge in [-0.3, -0.25) is 18.6 Å². The third-order valence-corrected chi connectivity index (χ3v) is 11.4. The number of unbranched alkanes of at least 4 members (excludes halogenated alkanes) is 15. The van der Waals surface area contributed by atoms with E-state index in [0.29, 0.717) is 17.4 Å². The number of rotatable bonds is 45. The molecule has 2 atom stereocenters. The van der Waals surface area contributed by atoms with Gasteiger partial charge in [-0.15, -0.1) is 0 Å². The molecule has 1 N–H and O–H groups in total. The number of allylic oxidation sites excluding steroid dienone is 16. The predicted molar refractivity (Wildman–Crippen MR) is 275 cm³/mol. The Bertz CT molecular complexity index is 1420. The zero-order valence-electron chi connectivity index (χ0n) is 41.9. The molecule has 0 aromatic rings. The van der Waals surface area contributed by atoms with Gasteiger partial charge in [0.25, 0.3) is 0 Å². The number of hydrogen-bond donors (Lipinski definition) is 1. The Balaban J connectivity index is 4.02. The molecule has 65 heavy (non-hydrogen) atoms. The third-order valence-electron chi connectivity index (χ3n) is 10.4. The number of esters is 2. The zero-order valence-corrected chi connectivity index (χ0v) is 42.8. The quantitative estimate of drug-likeness (QED) is 0.0211. The summed E-state index contributed by atoms with van der Waals surface area (Å²) in [7, 11) is 1.46. The van der Waals surface area contributed by atoms with Crippen molar-refractivity contribution in [2.45, 2.75) is 193 Å². The standard InChI is InChI=1S/C55H94NO8P/c1-6-8-10-12-14-15-16-17-18-19-20-21-22-23-24-25-26-27-28-29-30-31-32-33-34-35-36-37-38-39-40-41-42-44-46-48-55(58)64-53(51-61-54(57)47-45-43-13-11-9-7-2)52-63-65(59,60)62-50-49-56(3,4)5/h8,10,14-15,17-18,20-21,23-24,26-27,29-30,32-33,53H,6-7,9,11-13,16,19,22,25,28,31,34-52H2,1-5H3/p+1/b10-8-,15-14-,18-17-,21-20-,24-23-,27-26-,30-29-,33-32-. The van der Waals surface area contributed by atoms with Crippen LogP contribution in [0.4, 0.5) is 0 Å². The first-order chi connectivity index (χ1) is 31.5. The van der Waals surface area contributed by atoms with Gasteiger partial charge in [-0.25, -0.2) is 4.57 Å². The van der Waals surface area contributed by atoms with E-state index in [4.69, 9.17) is 18.5 Å². The van der Waals surface area contributed by atoms with Gasteiger partial charge < -0.3 is 18.9 Å². The van der Waals surface area contributed by atoms with E-state index in [1.807, 2.05) is 21.1 Å². The molecule has 0 rings (SSSR count). The summed E-state index contributed by atoms with van der Waals surface area (Å²) in [6.07, 6.45) is 62.2. The van der Waals surface area contributed by atoms with Crippen molar-refractivity contribution in [3.05, 3.63) is 97.2 Å². The minimum atomic E-state index is -4.37. The maximum Gasteiger partial charge on any atom is 0.472 e. The Labute approximate surface area is 398 Å². The van der Waals surface area contributed by atoms with E-state index in [2.05, 4.69) is 111 Å². The molecule has 0 radical (unpaired) electrons. The average molecular weight is 929 g/mol. The summed E-state index contributed by atoms with van der Waals surface area (Å²) in [5, 5.41) is 0. The van der Waals surface area contributed by atoms with Crippen molar-refractivity contribution in [2.75, 3.05) is 47.5 Å². The van der Waals surface area contributed by atoms with Crippen LogP contribution in [0.2, 0.25) is 0 Å². The number of quaternary nitrogens is 1. The van der Waals surface area contributed by atoms with Crippen molar-refractivity contribution in [3.63, 3.8) is 0 Å². The first-order valence-electron chi connectivity index (χ1n) is 25.5. The van der Waals surface area contributed by atoms with Crippen LogP contribution in [0.25, 0.3) is 0 Å². The maximum atomic E-state index is 12.7. The largest absolute Gasteiger partial charge is 0.472 e. The number of carbonyl (C=O) groups is 2. The van der Waals surface area contributed by atoms with Crippen molar-refractivity contribution in [2.24, 2.45) is 0 Å². The lowest BCUT2D eigenvalue weighted by atomic mass is 10.0. The Morgan fingerprint density at radius 2 is 0.877 bits per heavy atom. The number of carbonyl (C=O) groups excluding carboxylic acids is 2. The Morgan fingerprint density at radius 1 is 0.492 bits per heavy atom. The Morgan fingerprint density at radius 3 is 1.31 bits per heavy atom. The van der Waals surface area contributed by atoms with Gasteiger partial charge in [0.05, 0.1) is 27.7 Å². The van der Waals surface area contributed by atoms with Crippen LogP contribution < -0.4 is 0 Å². The monoisotopic (exact) mass is 929 g/mol. The van der Waals surface area contributed by atoms with Crippen LogP contribution in [-0.2, 0) is 32.7 Å². The van der Waals surface area contributed by atoms with Crippen molar-refractivity contribution < 1.29 is 42.1 Å². The fraction of sp³-hybridized carbons (Fsp3) is 0.673. The molecule has 0 spiro atoms. The maximum absolute atomic E-state index is 12.7. The van der Waals surface area contributed by atoms with Gasteiger partial charge in [0.15, 0.2) is 6.10 Å². The number of ether oxygens (including phenoxy) is 2. The van der Waals surface area contributed by atoms with Gasteiger partial charge in [-0.2, -0.15) is 0 Å². The normalized spacial score (nSPS) is 14.2. The van der Waals surface area contributed by atoms with Crippen LogP contribution in [-0.4, -0.2) is 74.9 Å². The van der Waals surface area contributed by atoms with E-state index in [9.17, 15) is 19.0 Å². The molecule has 0 bridgehead atoms. The molecule has 9 nitrogen and oxygen atoms in total. The van der Waals surface area contributed by atoms with E-state index < -0.39 is 26.5 Å². The zero-order chi connectivity index (χ0) is 47.8. The number of phosphoric ester groups is 1. The highest BCUT2D eigenvalue weighted by atomic mass is 31.2. The van der Waals surface area contributed by atoms with Crippen LogP contribution in [0.1, 0.15) is 187 Å². The van der Waals surface area contributed by atoms with Gasteiger partial charge in [0.2, 0.25) is 0 Å². The predicted octanol–water partition coefficient (Wildman–Crippen LogP) is 15.3. The van der Waals surface area contributed by atoms with Crippen LogP contribution >= 0.6 is 7.82 Å². The van der Waals surface area contributed by atoms with Crippen LogP contribution in [0.5, 0.6) is 0 Å². The fourth-order valence-electron chi connectivity index (χ4n) is 6.44. The molecule has 0 saturated heterocycles. The SMILES string of the molecule is CC/C=C\C/C=C\C/C=C\C/C=C\C/C=C\C/C=C\C/C=C\C/C=C\CCCCCCCCCCCCC(=O)OC(COC(=O)CCCCCCCC)COP(=O)(O)OCC[N+](C)(C)C. The van der Waals surface area contributed by atoms with Crippen molar-refractivity contribution in [3.8, 4) is 0 Å². The summed E-state index contributed by atoms with van der Waals surface area (Å²) in [4.78, 5) is 35.2. The van der Waals surface area contributed by atoms with Crippen molar-refractivity contribution >= 4 is 19.8 Å². The summed E-state index contributed by atoms with van der Waals surface area (Å²) < 4.78 is 34.2. The Kier molecular flexibility index (Phi) is 43.9. The van der Waals surface area contributed by atoms with Gasteiger partial charge in [-0.1, -0.05) is 195 Å². The van der Waals surface area contributed by atoms with Gasteiger partial charge >= 0.3 is 19.8 Å². The molecular formula is C55H95NO8P+. The highest BCUT2D eigenvalue weighted by molar-refractivity contribution is 7.47. The van der Waals surface area contributed by atoms with Gasteiger partial charge in [0, 0.05) is 12.8 Å². The van der Waals surface area contributed by atoms with E-state index in [0.717, 1.165) is 103 Å². The second kappa shape index (κ2) is 46.1. The van der Waals surface area contributed by atoms with Crippen molar-refractivity contribution in [1.82, 2.24) is 0 Å². The molecule has 0 saturated carbocycles. The molecule has 0 fully saturated rings. The first kappa shape index (κ1) is 61.9. The molecule has 0 aromatic carbocycles. The lowest BCUT2D eigenvalue weighted by Gasteiger charge is -2.24. The average Bonchev–Trinajstić information content (AvgIpc) is 3.26. The molecule has 2 unspecified atom stereocenters. The highest BCUT2D eigenvalue weighted by Gasteiger charge is 2.27. The molecule has 0 heterocycles.